The Bertz CT molecular complexity index is 313. The van der Waals surface area contributed by atoms with Crippen LogP contribution in [0.2, 0.25) is 0 Å². The van der Waals surface area contributed by atoms with Crippen molar-refractivity contribution in [3.63, 3.8) is 0 Å². The van der Waals surface area contributed by atoms with Crippen LogP contribution in [0.5, 0.6) is 0 Å². The maximum absolute atomic E-state index is 11.9. The number of hydrogen-bond acceptors (Lipinski definition) is 3. The Morgan fingerprint density at radius 3 is 2.61 bits per heavy atom. The van der Waals surface area contributed by atoms with Gasteiger partial charge in [0.1, 0.15) is 0 Å². The van der Waals surface area contributed by atoms with Crippen LogP contribution in [0.1, 0.15) is 38.5 Å². The van der Waals surface area contributed by atoms with E-state index in [-0.39, 0.29) is 18.2 Å². The second kappa shape index (κ2) is 6.18. The molecule has 1 atom stereocenters. The number of carbonyl (C=O) groups is 2. The van der Waals surface area contributed by atoms with Crippen LogP contribution in [-0.4, -0.2) is 47.6 Å². The third-order valence-electron chi connectivity index (χ3n) is 4.00. The summed E-state index contributed by atoms with van der Waals surface area (Å²) in [5.74, 6) is -0.508. The number of carboxylic acid groups (broad SMARTS) is 1. The first-order chi connectivity index (χ1) is 8.65. The first-order valence-corrected chi connectivity index (χ1v) is 6.88. The summed E-state index contributed by atoms with van der Waals surface area (Å²) in [6, 6.07) is 0.506. The molecule has 0 radical (unpaired) electrons. The third-order valence-corrected chi connectivity index (χ3v) is 4.00. The molecule has 0 bridgehead atoms. The summed E-state index contributed by atoms with van der Waals surface area (Å²) < 4.78 is 0. The minimum absolute atomic E-state index is 0.120. The molecule has 1 heterocycles. The average molecular weight is 254 g/mol. The maximum atomic E-state index is 11.9. The molecule has 2 N–H and O–H groups in total. The van der Waals surface area contributed by atoms with Crippen molar-refractivity contribution in [1.82, 2.24) is 10.2 Å². The van der Waals surface area contributed by atoms with E-state index < -0.39 is 5.97 Å². The molecule has 5 heteroatoms. The topological polar surface area (TPSA) is 69.6 Å². The number of nitrogens with zero attached hydrogens (tertiary/aromatic N) is 1. The Kier molecular flexibility index (Phi) is 4.58. The van der Waals surface area contributed by atoms with E-state index >= 15 is 0 Å². The number of amides is 1. The van der Waals surface area contributed by atoms with Gasteiger partial charge in [-0.25, -0.2) is 0 Å². The summed E-state index contributed by atoms with van der Waals surface area (Å²) >= 11 is 0. The van der Waals surface area contributed by atoms with Gasteiger partial charge in [0.15, 0.2) is 0 Å². The van der Waals surface area contributed by atoms with Gasteiger partial charge in [-0.05, 0) is 25.2 Å². The summed E-state index contributed by atoms with van der Waals surface area (Å²) in [6.45, 7) is 1.73. The number of carboxylic acids is 1. The minimum atomic E-state index is -0.765. The van der Waals surface area contributed by atoms with Crippen molar-refractivity contribution in [3.8, 4) is 0 Å². The highest BCUT2D eigenvalue weighted by Crippen LogP contribution is 2.20. The van der Waals surface area contributed by atoms with Crippen molar-refractivity contribution < 1.29 is 14.7 Å². The van der Waals surface area contributed by atoms with Gasteiger partial charge in [-0.2, -0.15) is 0 Å². The van der Waals surface area contributed by atoms with Crippen LogP contribution in [0, 0.1) is 5.92 Å². The fourth-order valence-electron chi connectivity index (χ4n) is 2.95. The molecule has 0 aromatic heterocycles. The first kappa shape index (κ1) is 13.3. The van der Waals surface area contributed by atoms with Gasteiger partial charge in [0, 0.05) is 25.6 Å². The molecule has 1 unspecified atom stereocenters. The quantitative estimate of drug-likeness (QED) is 0.763. The monoisotopic (exact) mass is 254 g/mol. The van der Waals surface area contributed by atoms with Crippen molar-refractivity contribution in [3.05, 3.63) is 0 Å². The highest BCUT2D eigenvalue weighted by Gasteiger charge is 2.27. The molecule has 1 saturated carbocycles. The van der Waals surface area contributed by atoms with Crippen LogP contribution < -0.4 is 5.32 Å². The van der Waals surface area contributed by atoms with Gasteiger partial charge >= 0.3 is 5.97 Å². The number of likely N-dealkylation sites (tertiary alicyclic amines) is 1. The van der Waals surface area contributed by atoms with Gasteiger partial charge in [-0.1, -0.05) is 12.8 Å². The summed E-state index contributed by atoms with van der Waals surface area (Å²) in [5.41, 5.74) is 0. The van der Waals surface area contributed by atoms with Gasteiger partial charge in [0.25, 0.3) is 0 Å². The van der Waals surface area contributed by atoms with Crippen LogP contribution >= 0.6 is 0 Å². The maximum Gasteiger partial charge on any atom is 0.303 e. The smallest absolute Gasteiger partial charge is 0.303 e. The molecule has 0 spiro atoms. The molecular formula is C13H22N2O3. The number of nitrogens with one attached hydrogen (secondary N) is 1. The summed E-state index contributed by atoms with van der Waals surface area (Å²) in [4.78, 5) is 24.4. The van der Waals surface area contributed by atoms with E-state index in [0.29, 0.717) is 25.7 Å². The second-order valence-corrected chi connectivity index (χ2v) is 5.45. The van der Waals surface area contributed by atoms with Gasteiger partial charge in [0.05, 0.1) is 6.54 Å². The lowest BCUT2D eigenvalue weighted by molar-refractivity contribution is -0.138. The molecule has 1 aliphatic heterocycles. The van der Waals surface area contributed by atoms with Gasteiger partial charge in [-0.3, -0.25) is 9.59 Å². The van der Waals surface area contributed by atoms with Gasteiger partial charge in [-0.15, -0.1) is 0 Å². The lowest BCUT2D eigenvalue weighted by Crippen LogP contribution is -2.40. The average Bonchev–Trinajstić information content (AvgIpc) is 2.95. The second-order valence-electron chi connectivity index (χ2n) is 5.45. The van der Waals surface area contributed by atoms with E-state index in [9.17, 15) is 9.59 Å². The molecule has 18 heavy (non-hydrogen) atoms. The van der Waals surface area contributed by atoms with E-state index in [4.69, 9.17) is 5.11 Å². The summed E-state index contributed by atoms with van der Waals surface area (Å²) in [5, 5.41) is 12.0. The van der Waals surface area contributed by atoms with Gasteiger partial charge in [0.2, 0.25) is 5.91 Å². The molecular weight excluding hydrogens is 232 g/mol. The van der Waals surface area contributed by atoms with E-state index in [1.807, 2.05) is 0 Å². The van der Waals surface area contributed by atoms with E-state index in [2.05, 4.69) is 5.32 Å². The summed E-state index contributed by atoms with van der Waals surface area (Å²) in [6.07, 6.45) is 5.87. The van der Waals surface area contributed by atoms with Crippen LogP contribution in [-0.2, 0) is 9.59 Å². The molecule has 102 valence electrons. The molecule has 0 aromatic rings. The number of rotatable bonds is 5. The normalized spacial score (nSPS) is 24.7. The Morgan fingerprint density at radius 1 is 1.22 bits per heavy atom. The Hall–Kier alpha value is -1.10. The number of hydrogen-bond donors (Lipinski definition) is 2. The molecule has 1 aliphatic carbocycles. The van der Waals surface area contributed by atoms with E-state index in [1.54, 1.807) is 4.90 Å². The van der Waals surface area contributed by atoms with Crippen molar-refractivity contribution in [1.29, 1.82) is 0 Å². The highest BCUT2D eigenvalue weighted by atomic mass is 16.4. The molecule has 1 saturated heterocycles. The van der Waals surface area contributed by atoms with Crippen LogP contribution in [0.15, 0.2) is 0 Å². The molecule has 1 amide bonds. The largest absolute Gasteiger partial charge is 0.481 e. The van der Waals surface area contributed by atoms with Gasteiger partial charge < -0.3 is 15.3 Å². The van der Waals surface area contributed by atoms with Crippen molar-refractivity contribution in [2.45, 2.75) is 44.6 Å². The summed E-state index contributed by atoms with van der Waals surface area (Å²) in [7, 11) is 0. The van der Waals surface area contributed by atoms with Crippen LogP contribution in [0.4, 0.5) is 0 Å². The highest BCUT2D eigenvalue weighted by molar-refractivity contribution is 5.78. The fourth-order valence-corrected chi connectivity index (χ4v) is 2.95. The van der Waals surface area contributed by atoms with E-state index in [0.717, 1.165) is 6.42 Å². The minimum Gasteiger partial charge on any atom is -0.481 e. The standard InChI is InChI=1S/C13H22N2O3/c16-12(8-14-11-3-1-2-4-11)15-6-5-10(9-15)7-13(17)18/h10-11,14H,1-9H2,(H,17,18). The number of aliphatic carboxylic acids is 1. The lowest BCUT2D eigenvalue weighted by Gasteiger charge is -2.18. The Labute approximate surface area is 108 Å². The fraction of sp³-hybridized carbons (Fsp3) is 0.846. The lowest BCUT2D eigenvalue weighted by atomic mass is 10.1. The molecule has 0 aromatic carbocycles. The third kappa shape index (κ3) is 3.70. The Balaban J connectivity index is 1.68. The molecule has 5 nitrogen and oxygen atoms in total. The van der Waals surface area contributed by atoms with Crippen LogP contribution in [0.25, 0.3) is 0 Å². The zero-order chi connectivity index (χ0) is 13.0. The predicted octanol–water partition coefficient (Wildman–Crippen LogP) is 0.842. The van der Waals surface area contributed by atoms with E-state index in [1.165, 1.54) is 25.7 Å². The Morgan fingerprint density at radius 2 is 1.94 bits per heavy atom. The number of carbonyl (C=O) groups excluding carboxylic acids is 1. The predicted molar refractivity (Wildman–Crippen MR) is 67.2 cm³/mol. The molecule has 2 fully saturated rings. The SMILES string of the molecule is O=C(O)CC1CCN(C(=O)CNC2CCCC2)C1. The van der Waals surface area contributed by atoms with Crippen molar-refractivity contribution in [2.75, 3.05) is 19.6 Å². The van der Waals surface area contributed by atoms with Crippen molar-refractivity contribution >= 4 is 11.9 Å². The first-order valence-electron chi connectivity index (χ1n) is 6.88. The zero-order valence-electron chi connectivity index (χ0n) is 10.7. The van der Waals surface area contributed by atoms with Crippen LogP contribution in [0.3, 0.4) is 0 Å². The zero-order valence-corrected chi connectivity index (χ0v) is 10.7. The molecule has 2 rings (SSSR count). The van der Waals surface area contributed by atoms with Crippen molar-refractivity contribution in [2.24, 2.45) is 5.92 Å². The molecule has 2 aliphatic rings.